The number of amidine groups is 2. The second-order valence-electron chi connectivity index (χ2n) is 5.27. The molecule has 0 aliphatic heterocycles. The molecule has 0 spiro atoms. The van der Waals surface area contributed by atoms with Crippen molar-refractivity contribution in [2.24, 2.45) is 0 Å². The molecule has 0 aliphatic rings. The fourth-order valence-electron chi connectivity index (χ4n) is 2.11. The summed E-state index contributed by atoms with van der Waals surface area (Å²) < 4.78 is 10.1. The van der Waals surface area contributed by atoms with Crippen LogP contribution in [0.15, 0.2) is 48.5 Å². The summed E-state index contributed by atoms with van der Waals surface area (Å²) in [4.78, 5) is 0. The molecule has 0 fully saturated rings. The molecule has 0 heterocycles. The highest BCUT2D eigenvalue weighted by molar-refractivity contribution is 5.97. The summed E-state index contributed by atoms with van der Waals surface area (Å²) in [7, 11) is 3.24. The van der Waals surface area contributed by atoms with Gasteiger partial charge in [-0.2, -0.15) is 0 Å². The number of nitrogens with one attached hydrogen (secondary N) is 4. The predicted molar refractivity (Wildman–Crippen MR) is 121 cm³/mol. The number of halogens is 2. The molecule has 0 aliphatic carbocycles. The Morgan fingerprint density at radius 3 is 1.39 bits per heavy atom. The minimum absolute atomic E-state index is 0. The van der Waals surface area contributed by atoms with Crippen LogP contribution >= 0.6 is 24.8 Å². The molecule has 6 nitrogen and oxygen atoms in total. The minimum atomic E-state index is 0. The molecule has 0 amide bonds. The molecule has 0 atom stereocenters. The van der Waals surface area contributed by atoms with Gasteiger partial charge < -0.3 is 20.1 Å². The summed E-state index contributed by atoms with van der Waals surface area (Å²) in [5.41, 5.74) is 1.70. The highest BCUT2D eigenvalue weighted by atomic mass is 35.5. The van der Waals surface area contributed by atoms with Crippen LogP contribution in [-0.4, -0.2) is 39.0 Å². The number of rotatable bonds is 6. The Labute approximate surface area is 179 Å². The van der Waals surface area contributed by atoms with Crippen molar-refractivity contribution >= 4 is 36.5 Å². The molecule has 0 saturated heterocycles. The Kier molecular flexibility index (Phi) is 15.5. The SMILES string of the molecule is CCNC(=N)c1cccc(OC)c1.CCNC(=N)c1cccc(OC)c1.Cl.Cl. The highest BCUT2D eigenvalue weighted by Gasteiger charge is 2.01. The quantitative estimate of drug-likeness (QED) is 0.411. The van der Waals surface area contributed by atoms with Gasteiger partial charge in [-0.1, -0.05) is 24.3 Å². The minimum Gasteiger partial charge on any atom is -0.497 e. The van der Waals surface area contributed by atoms with Crippen LogP contribution in [0.3, 0.4) is 0 Å². The van der Waals surface area contributed by atoms with Gasteiger partial charge >= 0.3 is 0 Å². The van der Waals surface area contributed by atoms with Crippen molar-refractivity contribution in [1.82, 2.24) is 10.6 Å². The van der Waals surface area contributed by atoms with Gasteiger partial charge in [0.2, 0.25) is 0 Å². The van der Waals surface area contributed by atoms with Gasteiger partial charge in [-0.05, 0) is 38.1 Å². The maximum Gasteiger partial charge on any atom is 0.125 e. The lowest BCUT2D eigenvalue weighted by atomic mass is 10.2. The largest absolute Gasteiger partial charge is 0.497 e. The summed E-state index contributed by atoms with van der Waals surface area (Å²) in [5, 5.41) is 21.2. The molecule has 28 heavy (non-hydrogen) atoms. The monoisotopic (exact) mass is 428 g/mol. The number of methoxy groups -OCH3 is 2. The average Bonchev–Trinajstić information content (AvgIpc) is 2.69. The summed E-state index contributed by atoms with van der Waals surface area (Å²) in [6, 6.07) is 14.9. The van der Waals surface area contributed by atoms with Crippen molar-refractivity contribution in [3.8, 4) is 11.5 Å². The number of ether oxygens (including phenoxy) is 2. The molecule has 0 unspecified atom stereocenters. The van der Waals surface area contributed by atoms with Crippen molar-refractivity contribution < 1.29 is 9.47 Å². The molecule has 0 aromatic heterocycles. The molecule has 156 valence electrons. The maximum atomic E-state index is 7.63. The molecule has 4 N–H and O–H groups in total. The fraction of sp³-hybridized carbons (Fsp3) is 0.300. The highest BCUT2D eigenvalue weighted by Crippen LogP contribution is 2.12. The Morgan fingerprint density at radius 2 is 1.11 bits per heavy atom. The van der Waals surface area contributed by atoms with E-state index in [1.54, 1.807) is 14.2 Å². The molecule has 0 saturated carbocycles. The van der Waals surface area contributed by atoms with Crippen LogP contribution in [0, 0.1) is 10.8 Å². The number of benzene rings is 2. The van der Waals surface area contributed by atoms with E-state index in [9.17, 15) is 0 Å². The Bertz CT molecular complexity index is 665. The zero-order chi connectivity index (χ0) is 19.4. The van der Waals surface area contributed by atoms with E-state index in [2.05, 4.69) is 10.6 Å². The lowest BCUT2D eigenvalue weighted by molar-refractivity contribution is 0.414. The Balaban J connectivity index is 0. The predicted octanol–water partition coefficient (Wildman–Crippen LogP) is 4.10. The maximum absolute atomic E-state index is 7.63. The molecular formula is C20H30Cl2N4O2. The summed E-state index contributed by atoms with van der Waals surface area (Å²) in [6.45, 7) is 5.45. The molecule has 8 heteroatoms. The Morgan fingerprint density at radius 1 is 0.750 bits per heavy atom. The first kappa shape index (κ1) is 27.8. The fourth-order valence-corrected chi connectivity index (χ4v) is 2.11. The first-order chi connectivity index (χ1) is 12.5. The third-order valence-corrected chi connectivity index (χ3v) is 3.42. The van der Waals surface area contributed by atoms with E-state index in [-0.39, 0.29) is 24.8 Å². The standard InChI is InChI=1S/2C10H14N2O.2ClH/c2*1-3-12-10(11)8-5-4-6-9(7-8)13-2;;/h2*4-7H,3H2,1-2H3,(H2,11,12);2*1H. The topological polar surface area (TPSA) is 90.2 Å². The third-order valence-electron chi connectivity index (χ3n) is 3.42. The molecular weight excluding hydrogens is 399 g/mol. The van der Waals surface area contributed by atoms with Gasteiger partial charge in [0.05, 0.1) is 14.2 Å². The van der Waals surface area contributed by atoms with Crippen LogP contribution in [0.5, 0.6) is 11.5 Å². The molecule has 0 bridgehead atoms. The summed E-state index contributed by atoms with van der Waals surface area (Å²) in [6.07, 6.45) is 0. The first-order valence-electron chi connectivity index (χ1n) is 8.49. The van der Waals surface area contributed by atoms with Crippen molar-refractivity contribution in [2.45, 2.75) is 13.8 Å². The van der Waals surface area contributed by atoms with Crippen molar-refractivity contribution in [3.63, 3.8) is 0 Å². The van der Waals surface area contributed by atoms with Crippen molar-refractivity contribution in [1.29, 1.82) is 10.8 Å². The zero-order valence-electron chi connectivity index (χ0n) is 16.7. The number of hydrogen-bond acceptors (Lipinski definition) is 4. The smallest absolute Gasteiger partial charge is 0.125 e. The van der Waals surface area contributed by atoms with E-state index in [4.69, 9.17) is 20.3 Å². The summed E-state index contributed by atoms with van der Waals surface area (Å²) >= 11 is 0. The van der Waals surface area contributed by atoms with Crippen molar-refractivity contribution in [2.75, 3.05) is 27.3 Å². The van der Waals surface area contributed by atoms with Crippen LogP contribution in [0.1, 0.15) is 25.0 Å². The van der Waals surface area contributed by atoms with E-state index in [1.807, 2.05) is 62.4 Å². The van der Waals surface area contributed by atoms with Crippen molar-refractivity contribution in [3.05, 3.63) is 59.7 Å². The Hall–Kier alpha value is -2.44. The lowest BCUT2D eigenvalue weighted by Gasteiger charge is -2.06. The van der Waals surface area contributed by atoms with E-state index in [1.165, 1.54) is 0 Å². The third kappa shape index (κ3) is 9.48. The van der Waals surface area contributed by atoms with Gasteiger partial charge in [0.25, 0.3) is 0 Å². The van der Waals surface area contributed by atoms with E-state index in [0.717, 1.165) is 35.7 Å². The van der Waals surface area contributed by atoms with Gasteiger partial charge in [0.1, 0.15) is 23.2 Å². The molecule has 2 rings (SSSR count). The normalized spacial score (nSPS) is 8.71. The molecule has 0 radical (unpaired) electrons. The second kappa shape index (κ2) is 15.6. The van der Waals surface area contributed by atoms with Gasteiger partial charge in [-0.25, -0.2) is 0 Å². The first-order valence-corrected chi connectivity index (χ1v) is 8.49. The van der Waals surface area contributed by atoms with Crippen LogP contribution in [0.2, 0.25) is 0 Å². The van der Waals surface area contributed by atoms with Crippen LogP contribution in [-0.2, 0) is 0 Å². The van der Waals surface area contributed by atoms with Crippen LogP contribution < -0.4 is 20.1 Å². The molecule has 2 aromatic carbocycles. The van der Waals surface area contributed by atoms with Gasteiger partial charge in [-0.3, -0.25) is 10.8 Å². The van der Waals surface area contributed by atoms with E-state index < -0.39 is 0 Å². The van der Waals surface area contributed by atoms with Gasteiger partial charge in [-0.15, -0.1) is 24.8 Å². The van der Waals surface area contributed by atoms with Gasteiger partial charge in [0.15, 0.2) is 0 Å². The van der Waals surface area contributed by atoms with Gasteiger partial charge in [0, 0.05) is 24.2 Å². The average molecular weight is 429 g/mol. The zero-order valence-corrected chi connectivity index (χ0v) is 18.3. The van der Waals surface area contributed by atoms with E-state index >= 15 is 0 Å². The van der Waals surface area contributed by atoms with Crippen LogP contribution in [0.4, 0.5) is 0 Å². The molecule has 2 aromatic rings. The second-order valence-corrected chi connectivity index (χ2v) is 5.27. The summed E-state index contributed by atoms with van der Waals surface area (Å²) in [5.74, 6) is 2.42. The lowest BCUT2D eigenvalue weighted by Crippen LogP contribution is -2.22. The number of hydrogen-bond donors (Lipinski definition) is 4. The van der Waals surface area contributed by atoms with Crippen LogP contribution in [0.25, 0.3) is 0 Å². The van der Waals surface area contributed by atoms with E-state index in [0.29, 0.717) is 11.7 Å².